The molecule has 4 rings (SSSR count). The Morgan fingerprint density at radius 3 is 2.79 bits per heavy atom. The van der Waals surface area contributed by atoms with Gasteiger partial charge in [-0.05, 0) is 77.4 Å². The van der Waals surface area contributed by atoms with E-state index in [9.17, 15) is 9.18 Å². The molecule has 0 N–H and O–H groups in total. The first-order chi connectivity index (χ1) is 16.0. The molecule has 1 atom stereocenters. The monoisotopic (exact) mass is 517 g/mol. The quantitative estimate of drug-likeness (QED) is 0.344. The first-order valence-corrected chi connectivity index (χ1v) is 11.6. The van der Waals surface area contributed by atoms with Crippen LogP contribution in [0.1, 0.15) is 43.4 Å². The largest absolute Gasteiger partial charge is 0.497 e. The maximum absolute atomic E-state index is 14.3. The van der Waals surface area contributed by atoms with E-state index in [0.29, 0.717) is 40.7 Å². The molecule has 1 aliphatic rings. The first-order valence-electron chi connectivity index (χ1n) is 10.8. The van der Waals surface area contributed by atoms with E-state index in [2.05, 4.69) is 26.2 Å². The molecule has 9 heteroatoms. The number of methoxy groups -OCH3 is 1. The average molecular weight is 518 g/mol. The van der Waals surface area contributed by atoms with Gasteiger partial charge in [-0.2, -0.15) is 0 Å². The van der Waals surface area contributed by atoms with Crippen molar-refractivity contribution in [3.63, 3.8) is 0 Å². The molecule has 0 aliphatic heterocycles. The summed E-state index contributed by atoms with van der Waals surface area (Å²) in [6.45, 7) is 2.34. The minimum absolute atomic E-state index is 0.122. The predicted molar refractivity (Wildman–Crippen MR) is 123 cm³/mol. The fourth-order valence-electron chi connectivity index (χ4n) is 3.77. The van der Waals surface area contributed by atoms with Crippen molar-refractivity contribution in [2.75, 3.05) is 13.7 Å². The van der Waals surface area contributed by atoms with Gasteiger partial charge in [0, 0.05) is 6.07 Å². The fourth-order valence-corrected chi connectivity index (χ4v) is 4.22. The number of aromatic nitrogens is 3. The number of carbonyl (C=O) groups excluding carboxylic acids is 1. The zero-order valence-corrected chi connectivity index (χ0v) is 20.0. The van der Waals surface area contributed by atoms with Gasteiger partial charge in [-0.15, -0.1) is 5.10 Å². The third-order valence-corrected chi connectivity index (χ3v) is 6.40. The summed E-state index contributed by atoms with van der Waals surface area (Å²) in [5.74, 6) is 1.17. The van der Waals surface area contributed by atoms with Crippen LogP contribution in [-0.4, -0.2) is 34.7 Å². The van der Waals surface area contributed by atoms with Crippen LogP contribution in [0, 0.1) is 11.7 Å². The number of carbonyl (C=O) groups is 1. The van der Waals surface area contributed by atoms with Gasteiger partial charge in [0.25, 0.3) is 0 Å². The molecule has 1 fully saturated rings. The molecule has 1 heterocycles. The second kappa shape index (κ2) is 10.3. The second-order valence-corrected chi connectivity index (χ2v) is 8.62. The Morgan fingerprint density at radius 1 is 1.24 bits per heavy atom. The molecular weight excluding hydrogens is 493 g/mol. The van der Waals surface area contributed by atoms with Gasteiger partial charge in [0.1, 0.15) is 39.9 Å². The second-order valence-electron chi connectivity index (χ2n) is 7.87. The van der Waals surface area contributed by atoms with Crippen LogP contribution in [0.3, 0.4) is 0 Å². The Morgan fingerprint density at radius 2 is 2.06 bits per heavy atom. The Labute approximate surface area is 200 Å². The molecule has 3 aromatic rings. The molecule has 174 valence electrons. The summed E-state index contributed by atoms with van der Waals surface area (Å²) in [5, 5.41) is 8.19. The van der Waals surface area contributed by atoms with Gasteiger partial charge in [-0.3, -0.25) is 4.79 Å². The van der Waals surface area contributed by atoms with E-state index in [4.69, 9.17) is 14.2 Å². The van der Waals surface area contributed by atoms with Crippen LogP contribution in [0.15, 0.2) is 47.1 Å². The molecule has 33 heavy (non-hydrogen) atoms. The van der Waals surface area contributed by atoms with E-state index in [1.807, 2.05) is 31.2 Å². The molecule has 1 aliphatic carbocycles. The molecule has 1 saturated carbocycles. The minimum Gasteiger partial charge on any atom is -0.497 e. The normalized spacial score (nSPS) is 14.1. The molecule has 1 aromatic heterocycles. The van der Waals surface area contributed by atoms with E-state index < -0.39 is 5.82 Å². The highest BCUT2D eigenvalue weighted by atomic mass is 79.9. The lowest BCUT2D eigenvalue weighted by atomic mass is 9.91. The average Bonchev–Trinajstić information content (AvgIpc) is 3.60. The van der Waals surface area contributed by atoms with Gasteiger partial charge in [0.2, 0.25) is 0 Å². The molecule has 7 nitrogen and oxygen atoms in total. The Hall–Kier alpha value is -2.94. The van der Waals surface area contributed by atoms with Crippen LogP contribution < -0.4 is 9.47 Å². The van der Waals surface area contributed by atoms with Crippen LogP contribution >= 0.6 is 15.9 Å². The van der Waals surface area contributed by atoms with Crippen molar-refractivity contribution in [1.29, 1.82) is 0 Å². The number of rotatable bonds is 10. The van der Waals surface area contributed by atoms with E-state index in [-0.39, 0.29) is 24.2 Å². The number of benzene rings is 2. The highest BCUT2D eigenvalue weighted by Crippen LogP contribution is 2.45. The molecule has 0 radical (unpaired) electrons. The van der Waals surface area contributed by atoms with Crippen molar-refractivity contribution in [3.05, 3.63) is 64.1 Å². The molecule has 0 unspecified atom stereocenters. The van der Waals surface area contributed by atoms with Crippen molar-refractivity contribution >= 4 is 21.9 Å². The summed E-state index contributed by atoms with van der Waals surface area (Å²) in [7, 11) is 1.52. The van der Waals surface area contributed by atoms with Crippen LogP contribution in [0.2, 0.25) is 0 Å². The summed E-state index contributed by atoms with van der Waals surface area (Å²) >= 11 is 3.45. The topological polar surface area (TPSA) is 75.5 Å². The highest BCUT2D eigenvalue weighted by Gasteiger charge is 2.34. The minimum atomic E-state index is -0.450. The van der Waals surface area contributed by atoms with Crippen molar-refractivity contribution in [2.24, 2.45) is 5.92 Å². The number of hydrogen-bond acceptors (Lipinski definition) is 6. The van der Waals surface area contributed by atoms with Crippen molar-refractivity contribution in [1.82, 2.24) is 15.0 Å². The Bertz CT molecular complexity index is 1130. The Balaban J connectivity index is 1.48. The summed E-state index contributed by atoms with van der Waals surface area (Å²) in [6, 6.07) is 12.2. The maximum Gasteiger partial charge on any atom is 0.306 e. The molecule has 2 aromatic carbocycles. The lowest BCUT2D eigenvalue weighted by Gasteiger charge is -2.17. The molecule has 0 spiro atoms. The van der Waals surface area contributed by atoms with Gasteiger partial charge in [0.05, 0.1) is 20.1 Å². The molecule has 0 bridgehead atoms. The fraction of sp³-hybridized carbons (Fsp3) is 0.375. The van der Waals surface area contributed by atoms with Crippen LogP contribution in [0.5, 0.6) is 11.5 Å². The van der Waals surface area contributed by atoms with Gasteiger partial charge in [-0.1, -0.05) is 17.3 Å². The number of ether oxygens (including phenoxy) is 3. The lowest BCUT2D eigenvalue weighted by molar-refractivity contribution is -0.143. The summed E-state index contributed by atoms with van der Waals surface area (Å²) in [5.41, 5.74) is 1.80. The Kier molecular flexibility index (Phi) is 7.27. The third-order valence-electron chi connectivity index (χ3n) is 5.61. The van der Waals surface area contributed by atoms with Crippen molar-refractivity contribution < 1.29 is 23.4 Å². The summed E-state index contributed by atoms with van der Waals surface area (Å²) < 4.78 is 32.5. The highest BCUT2D eigenvalue weighted by molar-refractivity contribution is 9.10. The van der Waals surface area contributed by atoms with Crippen LogP contribution in [-0.2, 0) is 16.1 Å². The number of esters is 1. The number of halogens is 2. The number of nitrogens with zero attached hydrogens (tertiary/aromatic N) is 3. The predicted octanol–water partition coefficient (Wildman–Crippen LogP) is 5.20. The third kappa shape index (κ3) is 5.52. The first kappa shape index (κ1) is 23.2. The smallest absolute Gasteiger partial charge is 0.306 e. The van der Waals surface area contributed by atoms with E-state index >= 15 is 0 Å². The zero-order valence-electron chi connectivity index (χ0n) is 18.5. The number of hydrogen-bond donors (Lipinski definition) is 0. The lowest BCUT2D eigenvalue weighted by Crippen LogP contribution is -2.12. The van der Waals surface area contributed by atoms with Crippen LogP contribution in [0.25, 0.3) is 5.69 Å². The summed E-state index contributed by atoms with van der Waals surface area (Å²) in [6.07, 6.45) is 2.60. The maximum atomic E-state index is 14.3. The SMILES string of the molecule is CCOC(=O)C[C@H](c1cccc(OCc2nnn(-c3cc(OC)ccc3F)c2Br)c1)C1CC1. The van der Waals surface area contributed by atoms with Crippen molar-refractivity contribution in [2.45, 2.75) is 38.7 Å². The van der Waals surface area contributed by atoms with Crippen molar-refractivity contribution in [3.8, 4) is 17.2 Å². The van der Waals surface area contributed by atoms with E-state index in [0.717, 1.165) is 18.4 Å². The van der Waals surface area contributed by atoms with Crippen LogP contribution in [0.4, 0.5) is 4.39 Å². The standard InChI is InChI=1S/C24H25BrFN3O4/c1-3-32-23(30)13-19(15-7-8-15)16-5-4-6-18(11-16)33-14-21-24(25)29(28-27-21)22-12-17(31-2)9-10-20(22)26/h4-6,9-12,15,19H,3,7-8,13-14H2,1-2H3/t19-/m0/s1. The van der Waals surface area contributed by atoms with E-state index in [1.165, 1.54) is 23.9 Å². The molecular formula is C24H25BrFN3O4. The molecule has 0 amide bonds. The summed E-state index contributed by atoms with van der Waals surface area (Å²) in [4.78, 5) is 12.1. The van der Waals surface area contributed by atoms with Gasteiger partial charge in [0.15, 0.2) is 0 Å². The van der Waals surface area contributed by atoms with Gasteiger partial charge in [-0.25, -0.2) is 9.07 Å². The zero-order chi connectivity index (χ0) is 23.4. The molecule has 0 saturated heterocycles. The van der Waals surface area contributed by atoms with Gasteiger partial charge >= 0.3 is 5.97 Å². The van der Waals surface area contributed by atoms with Gasteiger partial charge < -0.3 is 14.2 Å². The van der Waals surface area contributed by atoms with E-state index in [1.54, 1.807) is 6.07 Å².